The van der Waals surface area contributed by atoms with Crippen LogP contribution in [0.2, 0.25) is 0 Å². The first-order chi connectivity index (χ1) is 6.88. The first-order valence-electron chi connectivity index (χ1n) is 5.58. The maximum atomic E-state index is 11.8. The normalized spacial score (nSPS) is 31.1. The minimum Gasteiger partial charge on any atom is -0.444 e. The number of carbonyl (C=O) groups excluding carboxylic acids is 1. The zero-order chi connectivity index (χ0) is 11.2. The van der Waals surface area contributed by atoms with Crippen molar-refractivity contribution >= 4 is 6.09 Å². The van der Waals surface area contributed by atoms with Gasteiger partial charge in [0.15, 0.2) is 0 Å². The van der Waals surface area contributed by atoms with Crippen LogP contribution >= 0.6 is 0 Å². The Labute approximate surface area is 91.2 Å². The van der Waals surface area contributed by atoms with E-state index in [0.29, 0.717) is 12.1 Å². The van der Waals surface area contributed by atoms with E-state index in [9.17, 15) is 4.79 Å². The number of likely N-dealkylation sites (N-methyl/N-ethyl adjacent to an activating group) is 1. The SMILES string of the molecule is CN1C[C@H]2[C@@H]1CCN2C(=O)OC(C)(C)C. The highest BCUT2D eigenvalue weighted by atomic mass is 16.6. The summed E-state index contributed by atoms with van der Waals surface area (Å²) in [4.78, 5) is 16.0. The van der Waals surface area contributed by atoms with Crippen molar-refractivity contribution < 1.29 is 9.53 Å². The standard InChI is InChI=1S/C11H20N2O2/c1-11(2,3)15-10(14)13-6-5-8-9(13)7-12(8)4/h8-9H,5-7H2,1-4H3/t8-,9-/m0/s1. The lowest BCUT2D eigenvalue weighted by atomic mass is 9.99. The molecule has 15 heavy (non-hydrogen) atoms. The number of hydrogen-bond acceptors (Lipinski definition) is 3. The van der Waals surface area contributed by atoms with E-state index in [1.54, 1.807) is 0 Å². The summed E-state index contributed by atoms with van der Waals surface area (Å²) in [5, 5.41) is 0. The Bertz CT molecular complexity index is 272. The highest BCUT2D eigenvalue weighted by Gasteiger charge is 2.47. The van der Waals surface area contributed by atoms with Crippen molar-refractivity contribution in [3.05, 3.63) is 0 Å². The lowest BCUT2D eigenvalue weighted by Gasteiger charge is -2.44. The molecule has 2 fully saturated rings. The van der Waals surface area contributed by atoms with E-state index < -0.39 is 0 Å². The van der Waals surface area contributed by atoms with Crippen LogP contribution in [0.3, 0.4) is 0 Å². The number of carbonyl (C=O) groups is 1. The van der Waals surface area contributed by atoms with Gasteiger partial charge in [-0.3, -0.25) is 4.90 Å². The molecule has 0 radical (unpaired) electrons. The van der Waals surface area contributed by atoms with Crippen molar-refractivity contribution in [2.45, 2.75) is 44.9 Å². The monoisotopic (exact) mass is 212 g/mol. The van der Waals surface area contributed by atoms with Crippen LogP contribution in [0, 0.1) is 0 Å². The molecular weight excluding hydrogens is 192 g/mol. The molecule has 0 unspecified atom stereocenters. The minimum absolute atomic E-state index is 0.150. The van der Waals surface area contributed by atoms with Crippen molar-refractivity contribution in [3.8, 4) is 0 Å². The summed E-state index contributed by atoms with van der Waals surface area (Å²) in [7, 11) is 2.11. The van der Waals surface area contributed by atoms with Crippen LogP contribution in [0.4, 0.5) is 4.79 Å². The number of amides is 1. The van der Waals surface area contributed by atoms with Crippen LogP contribution in [0.1, 0.15) is 27.2 Å². The highest BCUT2D eigenvalue weighted by molar-refractivity contribution is 5.69. The fourth-order valence-corrected chi connectivity index (χ4v) is 2.41. The summed E-state index contributed by atoms with van der Waals surface area (Å²) in [6.45, 7) is 7.56. The van der Waals surface area contributed by atoms with Crippen molar-refractivity contribution in [1.82, 2.24) is 9.80 Å². The molecule has 0 aromatic heterocycles. The second-order valence-corrected chi connectivity index (χ2v) is 5.54. The summed E-state index contributed by atoms with van der Waals surface area (Å²) in [6, 6.07) is 0.961. The van der Waals surface area contributed by atoms with Crippen molar-refractivity contribution in [2.24, 2.45) is 0 Å². The molecule has 4 nitrogen and oxygen atoms in total. The average Bonchev–Trinajstić information content (AvgIpc) is 2.38. The Morgan fingerprint density at radius 3 is 2.47 bits per heavy atom. The van der Waals surface area contributed by atoms with Crippen LogP contribution < -0.4 is 0 Å². The molecule has 4 heteroatoms. The molecule has 2 aliphatic heterocycles. The zero-order valence-corrected chi connectivity index (χ0v) is 9.99. The Balaban J connectivity index is 1.93. The number of likely N-dealkylation sites (tertiary alicyclic amines) is 2. The van der Waals surface area contributed by atoms with E-state index in [1.807, 2.05) is 25.7 Å². The fourth-order valence-electron chi connectivity index (χ4n) is 2.41. The molecule has 0 spiro atoms. The lowest BCUT2D eigenvalue weighted by molar-refractivity contribution is -0.00260. The molecular formula is C11H20N2O2. The lowest BCUT2D eigenvalue weighted by Crippen LogP contribution is -2.61. The van der Waals surface area contributed by atoms with Gasteiger partial charge in [0, 0.05) is 19.1 Å². The molecule has 0 saturated carbocycles. The molecule has 2 heterocycles. The zero-order valence-electron chi connectivity index (χ0n) is 9.99. The van der Waals surface area contributed by atoms with Crippen molar-refractivity contribution in [2.75, 3.05) is 20.1 Å². The molecule has 1 amide bonds. The third-order valence-corrected chi connectivity index (χ3v) is 3.18. The Morgan fingerprint density at radius 1 is 1.33 bits per heavy atom. The van der Waals surface area contributed by atoms with Gasteiger partial charge in [-0.05, 0) is 34.2 Å². The topological polar surface area (TPSA) is 32.8 Å². The van der Waals surface area contributed by atoms with Gasteiger partial charge in [0.2, 0.25) is 0 Å². The second-order valence-electron chi connectivity index (χ2n) is 5.54. The molecule has 2 saturated heterocycles. The summed E-state index contributed by atoms with van der Waals surface area (Å²) in [6.07, 6.45) is 0.934. The predicted octanol–water partition coefficient (Wildman–Crippen LogP) is 1.31. The van der Waals surface area contributed by atoms with Crippen LogP contribution in [0.25, 0.3) is 0 Å². The molecule has 0 bridgehead atoms. The Hall–Kier alpha value is -0.770. The largest absolute Gasteiger partial charge is 0.444 e. The van der Waals surface area contributed by atoms with Gasteiger partial charge in [-0.2, -0.15) is 0 Å². The van der Waals surface area contributed by atoms with Gasteiger partial charge in [0.05, 0.1) is 6.04 Å². The number of ether oxygens (including phenoxy) is 1. The maximum absolute atomic E-state index is 11.8. The van der Waals surface area contributed by atoms with Crippen molar-refractivity contribution in [1.29, 1.82) is 0 Å². The minimum atomic E-state index is -0.384. The molecule has 2 aliphatic rings. The van der Waals surface area contributed by atoms with Gasteiger partial charge in [-0.15, -0.1) is 0 Å². The van der Waals surface area contributed by atoms with E-state index in [1.165, 1.54) is 0 Å². The molecule has 0 N–H and O–H groups in total. The molecule has 0 aromatic rings. The van der Waals surface area contributed by atoms with Gasteiger partial charge < -0.3 is 9.64 Å². The van der Waals surface area contributed by atoms with Crippen LogP contribution in [0.15, 0.2) is 0 Å². The third kappa shape index (κ3) is 1.95. The van der Waals surface area contributed by atoms with Gasteiger partial charge in [0.25, 0.3) is 0 Å². The number of fused-ring (bicyclic) bond motifs is 1. The van der Waals surface area contributed by atoms with E-state index >= 15 is 0 Å². The van der Waals surface area contributed by atoms with Gasteiger partial charge in [-0.25, -0.2) is 4.79 Å². The predicted molar refractivity (Wildman–Crippen MR) is 57.8 cm³/mol. The van der Waals surface area contributed by atoms with Gasteiger partial charge >= 0.3 is 6.09 Å². The van der Waals surface area contributed by atoms with E-state index in [-0.39, 0.29) is 11.7 Å². The van der Waals surface area contributed by atoms with Crippen LogP contribution in [-0.4, -0.2) is 53.7 Å². The van der Waals surface area contributed by atoms with E-state index in [4.69, 9.17) is 4.74 Å². The fraction of sp³-hybridized carbons (Fsp3) is 0.909. The number of rotatable bonds is 0. The Morgan fingerprint density at radius 2 is 2.00 bits per heavy atom. The quantitative estimate of drug-likeness (QED) is 0.607. The second kappa shape index (κ2) is 3.37. The number of hydrogen-bond donors (Lipinski definition) is 0. The summed E-state index contributed by atoms with van der Waals surface area (Å²) in [5.74, 6) is 0. The average molecular weight is 212 g/mol. The smallest absolute Gasteiger partial charge is 0.410 e. The van der Waals surface area contributed by atoms with Gasteiger partial charge in [-0.1, -0.05) is 0 Å². The molecule has 86 valence electrons. The molecule has 2 atom stereocenters. The highest BCUT2D eigenvalue weighted by Crippen LogP contribution is 2.31. The maximum Gasteiger partial charge on any atom is 0.410 e. The summed E-state index contributed by atoms with van der Waals surface area (Å²) in [5.41, 5.74) is -0.384. The molecule has 0 aliphatic carbocycles. The summed E-state index contributed by atoms with van der Waals surface area (Å²) >= 11 is 0. The summed E-state index contributed by atoms with van der Waals surface area (Å²) < 4.78 is 5.38. The number of nitrogens with zero attached hydrogens (tertiary/aromatic N) is 2. The van der Waals surface area contributed by atoms with Crippen molar-refractivity contribution in [3.63, 3.8) is 0 Å². The molecule has 0 aromatic carbocycles. The van der Waals surface area contributed by atoms with Crippen LogP contribution in [0.5, 0.6) is 0 Å². The third-order valence-electron chi connectivity index (χ3n) is 3.18. The van der Waals surface area contributed by atoms with E-state index in [2.05, 4.69) is 11.9 Å². The first kappa shape index (κ1) is 10.7. The van der Waals surface area contributed by atoms with E-state index in [0.717, 1.165) is 19.5 Å². The Kier molecular flexibility index (Phi) is 2.41. The van der Waals surface area contributed by atoms with Gasteiger partial charge in [0.1, 0.15) is 5.60 Å². The first-order valence-corrected chi connectivity index (χ1v) is 5.58. The van der Waals surface area contributed by atoms with Crippen LogP contribution in [-0.2, 0) is 4.74 Å². The molecule has 2 rings (SSSR count).